The third-order valence-electron chi connectivity index (χ3n) is 2.97. The Balaban J connectivity index is 0.000000541. The quantitative estimate of drug-likeness (QED) is 0.764. The number of carbonyl (C=O) groups excluding carboxylic acids is 2. The van der Waals surface area contributed by atoms with Crippen LogP contribution in [0.1, 0.15) is 46.4 Å². The van der Waals surface area contributed by atoms with Crippen LogP contribution in [-0.2, 0) is 9.47 Å². The lowest BCUT2D eigenvalue weighted by Gasteiger charge is -2.11. The summed E-state index contributed by atoms with van der Waals surface area (Å²) in [5, 5.41) is 15.2. The highest BCUT2D eigenvalue weighted by atomic mass is 16.5. The minimum Gasteiger partial charge on any atom is -0.462 e. The lowest BCUT2D eigenvalue weighted by Crippen LogP contribution is -2.15. The Morgan fingerprint density at radius 2 is 1.18 bits per heavy atom. The fourth-order valence-corrected chi connectivity index (χ4v) is 1.88. The molecule has 2 rings (SSSR count). The summed E-state index contributed by atoms with van der Waals surface area (Å²) < 4.78 is 10.3. The Hall–Kier alpha value is -1.92. The molecule has 22 heavy (non-hydrogen) atoms. The monoisotopic (exact) mass is 310 g/mol. The Morgan fingerprint density at radius 1 is 0.773 bits per heavy atom. The summed E-state index contributed by atoms with van der Waals surface area (Å²) in [6, 6.07) is 6.59. The van der Waals surface area contributed by atoms with Gasteiger partial charge in [-0.25, -0.2) is 9.59 Å². The summed E-state index contributed by atoms with van der Waals surface area (Å²) in [6.07, 6.45) is 3.66. The van der Waals surface area contributed by atoms with Crippen molar-refractivity contribution in [2.75, 3.05) is 26.4 Å². The lowest BCUT2D eigenvalue weighted by molar-refractivity contribution is 0.0435. The molecule has 1 aromatic rings. The Labute approximate surface area is 129 Å². The summed E-state index contributed by atoms with van der Waals surface area (Å²) in [4.78, 5) is 23.7. The number of hydrogen-bond acceptors (Lipinski definition) is 6. The molecule has 1 aromatic carbocycles. The average Bonchev–Trinajstić information content (AvgIpc) is 2.56. The zero-order valence-corrected chi connectivity index (χ0v) is 12.5. The first-order valence-corrected chi connectivity index (χ1v) is 7.35. The number of aliphatic hydroxyl groups is 2. The van der Waals surface area contributed by atoms with E-state index in [9.17, 15) is 9.59 Å². The van der Waals surface area contributed by atoms with E-state index in [2.05, 4.69) is 0 Å². The molecule has 0 saturated heterocycles. The maximum atomic E-state index is 11.8. The molecule has 0 spiro atoms. The summed E-state index contributed by atoms with van der Waals surface area (Å²) in [5.74, 6) is -0.911. The van der Waals surface area contributed by atoms with Crippen LogP contribution in [0.25, 0.3) is 0 Å². The summed E-state index contributed by atoms with van der Waals surface area (Å²) in [6.45, 7) is 0.560. The molecule has 1 aliphatic rings. The highest BCUT2D eigenvalue weighted by Crippen LogP contribution is 2.14. The predicted octanol–water partition coefficient (Wildman–Crippen LogP) is 1.55. The molecule has 0 saturated carbocycles. The van der Waals surface area contributed by atoms with Crippen molar-refractivity contribution in [1.82, 2.24) is 0 Å². The molecule has 1 heterocycles. The van der Waals surface area contributed by atoms with E-state index in [-0.39, 0.29) is 24.3 Å². The van der Waals surface area contributed by atoms with Gasteiger partial charge in [0.25, 0.3) is 0 Å². The van der Waals surface area contributed by atoms with Gasteiger partial charge in [0.05, 0.1) is 37.6 Å². The fraction of sp³-hybridized carbons (Fsp3) is 0.500. The second-order valence-electron chi connectivity index (χ2n) is 4.68. The van der Waals surface area contributed by atoms with Crippen molar-refractivity contribution in [1.29, 1.82) is 0 Å². The van der Waals surface area contributed by atoms with Gasteiger partial charge in [-0.1, -0.05) is 12.1 Å². The van der Waals surface area contributed by atoms with Crippen molar-refractivity contribution in [2.24, 2.45) is 0 Å². The Morgan fingerprint density at radius 3 is 1.55 bits per heavy atom. The number of hydrogen-bond donors (Lipinski definition) is 2. The molecule has 0 unspecified atom stereocenters. The van der Waals surface area contributed by atoms with Gasteiger partial charge in [-0.15, -0.1) is 0 Å². The largest absolute Gasteiger partial charge is 0.462 e. The van der Waals surface area contributed by atoms with E-state index in [0.29, 0.717) is 13.2 Å². The molecule has 6 nitrogen and oxygen atoms in total. The molecule has 122 valence electrons. The molecule has 0 bridgehead atoms. The number of benzene rings is 1. The summed E-state index contributed by atoms with van der Waals surface area (Å²) in [5.41, 5.74) is 0.561. The van der Waals surface area contributed by atoms with E-state index >= 15 is 0 Å². The van der Waals surface area contributed by atoms with Gasteiger partial charge >= 0.3 is 11.9 Å². The van der Waals surface area contributed by atoms with Gasteiger partial charge in [0, 0.05) is 0 Å². The number of rotatable bonds is 1. The first-order chi connectivity index (χ1) is 10.7. The normalized spacial score (nSPS) is 15.9. The Bertz CT molecular complexity index is 428. The number of aliphatic hydroxyl groups excluding tert-OH is 2. The predicted molar refractivity (Wildman–Crippen MR) is 79.6 cm³/mol. The first kappa shape index (κ1) is 18.1. The highest BCUT2D eigenvalue weighted by Gasteiger charge is 2.19. The fourth-order valence-electron chi connectivity index (χ4n) is 1.88. The molecule has 0 aromatic heterocycles. The number of esters is 2. The first-order valence-electron chi connectivity index (χ1n) is 7.35. The van der Waals surface area contributed by atoms with Crippen LogP contribution in [0.15, 0.2) is 24.3 Å². The molecule has 1 aliphatic heterocycles. The van der Waals surface area contributed by atoms with Crippen LogP contribution >= 0.6 is 0 Å². The van der Waals surface area contributed by atoms with Crippen molar-refractivity contribution in [3.8, 4) is 0 Å². The zero-order valence-electron chi connectivity index (χ0n) is 12.5. The maximum Gasteiger partial charge on any atom is 0.339 e. The molecule has 0 aliphatic carbocycles. The minimum absolute atomic E-state index is 0.125. The van der Waals surface area contributed by atoms with Gasteiger partial charge in [-0.3, -0.25) is 0 Å². The van der Waals surface area contributed by atoms with E-state index < -0.39 is 11.9 Å². The van der Waals surface area contributed by atoms with Gasteiger partial charge in [-0.05, 0) is 37.8 Å². The Kier molecular flexibility index (Phi) is 8.86. The van der Waals surface area contributed by atoms with E-state index in [1.165, 1.54) is 0 Å². The van der Waals surface area contributed by atoms with Crippen LogP contribution in [0.5, 0.6) is 0 Å². The molecule has 0 radical (unpaired) electrons. The molecule has 0 fully saturated rings. The van der Waals surface area contributed by atoms with Gasteiger partial charge in [-0.2, -0.15) is 0 Å². The van der Waals surface area contributed by atoms with Gasteiger partial charge in [0.15, 0.2) is 0 Å². The number of cyclic esters (lactones) is 2. The molecular weight excluding hydrogens is 288 g/mol. The van der Waals surface area contributed by atoms with Gasteiger partial charge in [0.1, 0.15) is 0 Å². The standard InChI is InChI=1S/C14H16O4.C2H6O2/c15-13-11-7-3-4-8-12(11)14(16)18-10-6-2-1-5-9-17-13;3-1-2-4/h3-4,7-8H,1-2,5-6,9-10H2;3-4H,1-2H2. The van der Waals surface area contributed by atoms with Crippen LogP contribution in [0.2, 0.25) is 0 Å². The third-order valence-corrected chi connectivity index (χ3v) is 2.97. The van der Waals surface area contributed by atoms with Crippen molar-refractivity contribution in [3.05, 3.63) is 35.4 Å². The topological polar surface area (TPSA) is 93.1 Å². The average molecular weight is 310 g/mol. The van der Waals surface area contributed by atoms with Gasteiger partial charge in [0.2, 0.25) is 0 Å². The molecular formula is C16H22O6. The SMILES string of the molecule is O=C1OCCCCCCOC(=O)c2ccccc21.OCCO. The van der Waals surface area contributed by atoms with Crippen LogP contribution < -0.4 is 0 Å². The maximum absolute atomic E-state index is 11.8. The molecule has 0 amide bonds. The minimum atomic E-state index is -0.455. The van der Waals surface area contributed by atoms with E-state index in [4.69, 9.17) is 19.7 Å². The molecule has 0 atom stereocenters. The second kappa shape index (κ2) is 10.8. The number of ether oxygens (including phenoxy) is 2. The van der Waals surface area contributed by atoms with Gasteiger partial charge < -0.3 is 19.7 Å². The molecule has 6 heteroatoms. The lowest BCUT2D eigenvalue weighted by atomic mass is 10.1. The highest BCUT2D eigenvalue weighted by molar-refractivity contribution is 6.03. The van der Waals surface area contributed by atoms with Crippen molar-refractivity contribution in [3.63, 3.8) is 0 Å². The van der Waals surface area contributed by atoms with Crippen LogP contribution in [0.4, 0.5) is 0 Å². The summed E-state index contributed by atoms with van der Waals surface area (Å²) in [7, 11) is 0. The van der Waals surface area contributed by atoms with Crippen molar-refractivity contribution >= 4 is 11.9 Å². The van der Waals surface area contributed by atoms with Crippen LogP contribution in [0.3, 0.4) is 0 Å². The third kappa shape index (κ3) is 6.24. The van der Waals surface area contributed by atoms with Crippen LogP contribution in [-0.4, -0.2) is 48.6 Å². The number of fused-ring (bicyclic) bond motifs is 1. The van der Waals surface area contributed by atoms with E-state index in [1.54, 1.807) is 24.3 Å². The van der Waals surface area contributed by atoms with E-state index in [1.807, 2.05) is 0 Å². The van der Waals surface area contributed by atoms with Crippen LogP contribution in [0, 0.1) is 0 Å². The van der Waals surface area contributed by atoms with E-state index in [0.717, 1.165) is 25.7 Å². The van der Waals surface area contributed by atoms with Crippen molar-refractivity contribution in [2.45, 2.75) is 25.7 Å². The smallest absolute Gasteiger partial charge is 0.339 e. The second-order valence-corrected chi connectivity index (χ2v) is 4.68. The molecule has 2 N–H and O–H groups in total. The number of carbonyl (C=O) groups is 2. The zero-order chi connectivity index (χ0) is 16.2. The van der Waals surface area contributed by atoms with Crippen molar-refractivity contribution < 1.29 is 29.3 Å². The summed E-state index contributed by atoms with van der Waals surface area (Å²) >= 11 is 0.